The van der Waals surface area contributed by atoms with E-state index < -0.39 is 10.0 Å². The number of carbonyl (C=O) groups is 1. The fourth-order valence-electron chi connectivity index (χ4n) is 1.76. The number of nitrogens with zero attached hydrogens (tertiary/aromatic N) is 1. The third kappa shape index (κ3) is 4.71. The molecule has 22 heavy (non-hydrogen) atoms. The van der Waals surface area contributed by atoms with Crippen LogP contribution in [0.1, 0.15) is 15.9 Å². The number of halogens is 1. The van der Waals surface area contributed by atoms with Crippen molar-refractivity contribution in [1.29, 1.82) is 0 Å². The Labute approximate surface area is 133 Å². The Bertz CT molecular complexity index is 779. The summed E-state index contributed by atoms with van der Waals surface area (Å²) in [5.41, 5.74) is 1.49. The number of benzene rings is 1. The van der Waals surface area contributed by atoms with Gasteiger partial charge in [0.15, 0.2) is 0 Å². The minimum absolute atomic E-state index is 0.167. The molecule has 0 atom stereocenters. The Morgan fingerprint density at radius 1 is 1.23 bits per heavy atom. The van der Waals surface area contributed by atoms with Gasteiger partial charge in [-0.15, -0.1) is 0 Å². The molecule has 0 bridgehead atoms. The maximum absolute atomic E-state index is 12.1. The number of sulfonamides is 1. The van der Waals surface area contributed by atoms with Crippen molar-refractivity contribution in [3.63, 3.8) is 0 Å². The number of aromatic nitrogens is 1. The van der Waals surface area contributed by atoms with Crippen molar-refractivity contribution in [2.75, 3.05) is 11.0 Å². The van der Waals surface area contributed by atoms with Crippen molar-refractivity contribution in [3.8, 4) is 0 Å². The van der Waals surface area contributed by atoms with Crippen molar-refractivity contribution in [3.05, 3.63) is 58.9 Å². The van der Waals surface area contributed by atoms with Gasteiger partial charge in [0.2, 0.25) is 10.0 Å². The van der Waals surface area contributed by atoms with Crippen LogP contribution in [0.3, 0.4) is 0 Å². The monoisotopic (exact) mass is 339 g/mol. The molecule has 2 N–H and O–H groups in total. The summed E-state index contributed by atoms with van der Waals surface area (Å²) in [5, 5.41) is 2.90. The summed E-state index contributed by atoms with van der Waals surface area (Å²) < 4.78 is 24.6. The SMILES string of the molecule is CS(=O)(=O)Nc1ccc(C(=O)NCc2ccncc2)c(Cl)c1. The average molecular weight is 340 g/mol. The lowest BCUT2D eigenvalue weighted by Gasteiger charge is -2.09. The third-order valence-corrected chi connectivity index (χ3v) is 3.64. The number of hydrogen-bond acceptors (Lipinski definition) is 4. The quantitative estimate of drug-likeness (QED) is 0.872. The lowest BCUT2D eigenvalue weighted by molar-refractivity contribution is 0.0951. The molecule has 8 heteroatoms. The summed E-state index contributed by atoms with van der Waals surface area (Å²) in [5.74, 6) is -0.340. The highest BCUT2D eigenvalue weighted by atomic mass is 35.5. The summed E-state index contributed by atoms with van der Waals surface area (Å²) in [6.45, 7) is 0.348. The molecular weight excluding hydrogens is 326 g/mol. The Balaban J connectivity index is 2.07. The molecule has 1 aromatic heterocycles. The molecule has 1 heterocycles. The van der Waals surface area contributed by atoms with Crippen LogP contribution in [0.25, 0.3) is 0 Å². The Kier molecular flexibility index (Phi) is 4.99. The molecule has 116 valence electrons. The summed E-state index contributed by atoms with van der Waals surface area (Å²) >= 11 is 6.03. The second kappa shape index (κ2) is 6.76. The van der Waals surface area contributed by atoms with Gasteiger partial charge in [-0.3, -0.25) is 14.5 Å². The van der Waals surface area contributed by atoms with Gasteiger partial charge in [-0.25, -0.2) is 8.42 Å². The van der Waals surface area contributed by atoms with Gasteiger partial charge in [0.1, 0.15) is 0 Å². The molecule has 2 rings (SSSR count). The minimum Gasteiger partial charge on any atom is -0.348 e. The van der Waals surface area contributed by atoms with Gasteiger partial charge in [0, 0.05) is 24.6 Å². The maximum Gasteiger partial charge on any atom is 0.253 e. The molecule has 1 aromatic carbocycles. The van der Waals surface area contributed by atoms with Crippen LogP contribution < -0.4 is 10.0 Å². The highest BCUT2D eigenvalue weighted by molar-refractivity contribution is 7.92. The average Bonchev–Trinajstić information content (AvgIpc) is 2.44. The molecule has 6 nitrogen and oxygen atoms in total. The van der Waals surface area contributed by atoms with E-state index in [1.807, 2.05) is 0 Å². The van der Waals surface area contributed by atoms with Crippen LogP contribution in [0, 0.1) is 0 Å². The molecule has 0 fully saturated rings. The number of nitrogens with one attached hydrogen (secondary N) is 2. The highest BCUT2D eigenvalue weighted by Crippen LogP contribution is 2.21. The second-order valence-electron chi connectivity index (χ2n) is 4.61. The van der Waals surface area contributed by atoms with Crippen LogP contribution in [-0.4, -0.2) is 25.6 Å². The Morgan fingerprint density at radius 3 is 2.50 bits per heavy atom. The third-order valence-electron chi connectivity index (χ3n) is 2.72. The predicted octanol–water partition coefficient (Wildman–Crippen LogP) is 2.04. The van der Waals surface area contributed by atoms with E-state index in [0.717, 1.165) is 11.8 Å². The standard InChI is InChI=1S/C14H14ClN3O3S/c1-22(20,21)18-11-2-3-12(13(15)8-11)14(19)17-9-10-4-6-16-7-5-10/h2-8,18H,9H2,1H3,(H,17,19). The van der Waals surface area contributed by atoms with E-state index in [4.69, 9.17) is 11.6 Å². The zero-order valence-electron chi connectivity index (χ0n) is 11.7. The molecule has 0 saturated carbocycles. The van der Waals surface area contributed by atoms with Gasteiger partial charge in [0.25, 0.3) is 5.91 Å². The fourth-order valence-corrected chi connectivity index (χ4v) is 2.58. The molecule has 0 aliphatic heterocycles. The van der Waals surface area contributed by atoms with Crippen molar-refractivity contribution >= 4 is 33.2 Å². The van der Waals surface area contributed by atoms with Crippen LogP contribution >= 0.6 is 11.6 Å². The molecule has 0 aliphatic rings. The first-order valence-corrected chi connectivity index (χ1v) is 8.56. The summed E-state index contributed by atoms with van der Waals surface area (Å²) in [7, 11) is -3.39. The minimum atomic E-state index is -3.39. The van der Waals surface area contributed by atoms with Gasteiger partial charge in [0.05, 0.1) is 16.8 Å². The number of carbonyl (C=O) groups excluding carboxylic acids is 1. The summed E-state index contributed by atoms with van der Waals surface area (Å²) in [6, 6.07) is 7.93. The zero-order chi connectivity index (χ0) is 16.2. The van der Waals surface area contributed by atoms with Crippen molar-refractivity contribution in [2.45, 2.75) is 6.54 Å². The Morgan fingerprint density at radius 2 is 1.91 bits per heavy atom. The highest BCUT2D eigenvalue weighted by Gasteiger charge is 2.12. The van der Waals surface area contributed by atoms with Gasteiger partial charge in [-0.2, -0.15) is 0 Å². The summed E-state index contributed by atoms with van der Waals surface area (Å²) in [6.07, 6.45) is 4.32. The van der Waals surface area contributed by atoms with Crippen molar-refractivity contribution in [2.24, 2.45) is 0 Å². The van der Waals surface area contributed by atoms with Crippen LogP contribution in [0.5, 0.6) is 0 Å². The van der Waals surface area contributed by atoms with Gasteiger partial charge in [-0.1, -0.05) is 11.6 Å². The molecule has 0 aliphatic carbocycles. The van der Waals surface area contributed by atoms with Crippen LogP contribution in [0.4, 0.5) is 5.69 Å². The van der Waals surface area contributed by atoms with E-state index in [-0.39, 0.29) is 16.5 Å². The molecule has 2 aromatic rings. The fraction of sp³-hybridized carbons (Fsp3) is 0.143. The molecule has 1 amide bonds. The van der Waals surface area contributed by atoms with E-state index in [1.165, 1.54) is 18.2 Å². The normalized spacial score (nSPS) is 11.0. The topological polar surface area (TPSA) is 88.2 Å². The number of amides is 1. The van der Waals surface area contributed by atoms with Gasteiger partial charge < -0.3 is 5.32 Å². The first kappa shape index (κ1) is 16.3. The molecule has 0 radical (unpaired) electrons. The van der Waals surface area contributed by atoms with Crippen molar-refractivity contribution < 1.29 is 13.2 Å². The predicted molar refractivity (Wildman–Crippen MR) is 85.3 cm³/mol. The second-order valence-corrected chi connectivity index (χ2v) is 6.76. The molecular formula is C14H14ClN3O3S. The van der Waals surface area contributed by atoms with E-state index >= 15 is 0 Å². The number of hydrogen-bond donors (Lipinski definition) is 2. The van der Waals surface area contributed by atoms with E-state index in [9.17, 15) is 13.2 Å². The Hall–Kier alpha value is -2.12. The van der Waals surface area contributed by atoms with Crippen LogP contribution in [0.2, 0.25) is 5.02 Å². The first-order chi connectivity index (χ1) is 10.3. The van der Waals surface area contributed by atoms with Gasteiger partial charge >= 0.3 is 0 Å². The number of pyridine rings is 1. The first-order valence-electron chi connectivity index (χ1n) is 6.29. The summed E-state index contributed by atoms with van der Waals surface area (Å²) in [4.78, 5) is 16.0. The molecule has 0 saturated heterocycles. The lowest BCUT2D eigenvalue weighted by Crippen LogP contribution is -2.23. The van der Waals surface area contributed by atoms with Crippen LogP contribution in [0.15, 0.2) is 42.7 Å². The number of anilines is 1. The van der Waals surface area contributed by atoms with E-state index in [2.05, 4.69) is 15.0 Å². The largest absolute Gasteiger partial charge is 0.348 e. The molecule has 0 spiro atoms. The zero-order valence-corrected chi connectivity index (χ0v) is 13.3. The molecule has 0 unspecified atom stereocenters. The maximum atomic E-state index is 12.1. The van der Waals surface area contributed by atoms with Crippen LogP contribution in [-0.2, 0) is 16.6 Å². The van der Waals surface area contributed by atoms with Gasteiger partial charge in [-0.05, 0) is 35.9 Å². The van der Waals surface area contributed by atoms with E-state index in [1.54, 1.807) is 24.5 Å². The van der Waals surface area contributed by atoms with Crippen molar-refractivity contribution in [1.82, 2.24) is 10.3 Å². The lowest BCUT2D eigenvalue weighted by atomic mass is 10.2. The number of rotatable bonds is 5. The van der Waals surface area contributed by atoms with E-state index in [0.29, 0.717) is 12.2 Å². The smallest absolute Gasteiger partial charge is 0.253 e.